The molecule has 88 valence electrons. The molecule has 17 heavy (non-hydrogen) atoms. The molecule has 0 spiro atoms. The summed E-state index contributed by atoms with van der Waals surface area (Å²) in [5, 5.41) is 2.74. The first-order chi connectivity index (χ1) is 8.20. The Hall–Kier alpha value is -1.99. The molecule has 1 amide bonds. The van der Waals surface area contributed by atoms with E-state index in [1.54, 1.807) is 6.07 Å². The molecule has 1 aromatic rings. The summed E-state index contributed by atoms with van der Waals surface area (Å²) < 4.78 is 5.38. The largest absolute Gasteiger partial charge is 0.493 e. The van der Waals surface area contributed by atoms with Gasteiger partial charge in [-0.25, -0.2) is 0 Å². The van der Waals surface area contributed by atoms with Gasteiger partial charge in [0.05, 0.1) is 12.6 Å². The fourth-order valence-electron chi connectivity index (χ4n) is 1.72. The van der Waals surface area contributed by atoms with Crippen LogP contribution in [0.2, 0.25) is 0 Å². The molecule has 4 nitrogen and oxygen atoms in total. The van der Waals surface area contributed by atoms with E-state index in [0.29, 0.717) is 6.61 Å². The van der Waals surface area contributed by atoms with Crippen molar-refractivity contribution in [3.05, 3.63) is 23.8 Å². The number of hydrogen-bond acceptors (Lipinski definition) is 3. The van der Waals surface area contributed by atoms with Gasteiger partial charge in [-0.15, -0.1) is 12.3 Å². The molecule has 4 heteroatoms. The first kappa shape index (κ1) is 11.5. The smallest absolute Gasteiger partial charge is 0.242 e. The van der Waals surface area contributed by atoms with Crippen LogP contribution >= 0.6 is 0 Å². The average molecular weight is 230 g/mol. The van der Waals surface area contributed by atoms with Crippen LogP contribution in [0.25, 0.3) is 0 Å². The second kappa shape index (κ2) is 4.89. The number of nitrogens with one attached hydrogen (secondary N) is 1. The Morgan fingerprint density at radius 2 is 2.47 bits per heavy atom. The molecule has 0 radical (unpaired) electrons. The van der Waals surface area contributed by atoms with E-state index in [1.807, 2.05) is 12.1 Å². The van der Waals surface area contributed by atoms with Gasteiger partial charge in [0, 0.05) is 18.5 Å². The molecule has 0 bridgehead atoms. The number of anilines is 1. The predicted molar refractivity (Wildman–Crippen MR) is 65.7 cm³/mol. The molecule has 3 N–H and O–H groups in total. The van der Waals surface area contributed by atoms with Crippen LogP contribution in [0.15, 0.2) is 18.2 Å². The van der Waals surface area contributed by atoms with Crippen LogP contribution < -0.4 is 15.8 Å². The van der Waals surface area contributed by atoms with E-state index in [2.05, 4.69) is 11.2 Å². The van der Waals surface area contributed by atoms with Gasteiger partial charge in [-0.3, -0.25) is 4.79 Å². The molecule has 0 aromatic heterocycles. The minimum Gasteiger partial charge on any atom is -0.493 e. The normalized spacial score (nSPS) is 14.4. The zero-order valence-electron chi connectivity index (χ0n) is 9.40. The number of amides is 1. The predicted octanol–water partition coefficient (Wildman–Crippen LogP) is 0.911. The molecule has 1 heterocycles. The molecule has 0 saturated heterocycles. The van der Waals surface area contributed by atoms with Gasteiger partial charge in [-0.05, 0) is 23.8 Å². The van der Waals surface area contributed by atoms with Crippen LogP contribution in [-0.4, -0.2) is 18.6 Å². The average Bonchev–Trinajstić information content (AvgIpc) is 2.76. The molecule has 0 fully saturated rings. The minimum atomic E-state index is -0.662. The van der Waals surface area contributed by atoms with Gasteiger partial charge in [-0.2, -0.15) is 0 Å². The van der Waals surface area contributed by atoms with E-state index in [4.69, 9.17) is 16.9 Å². The van der Waals surface area contributed by atoms with E-state index < -0.39 is 6.04 Å². The summed E-state index contributed by atoms with van der Waals surface area (Å²) in [4.78, 5) is 11.6. The summed E-state index contributed by atoms with van der Waals surface area (Å²) in [5.74, 6) is 2.99. The number of nitrogens with two attached hydrogens (primary N) is 1. The molecule has 0 aliphatic carbocycles. The highest BCUT2D eigenvalue weighted by Gasteiger charge is 2.15. The number of ether oxygens (including phenoxy) is 1. The fourth-order valence-corrected chi connectivity index (χ4v) is 1.72. The van der Waals surface area contributed by atoms with Gasteiger partial charge in [0.25, 0.3) is 0 Å². The second-order valence-corrected chi connectivity index (χ2v) is 3.92. The Morgan fingerprint density at radius 3 is 3.24 bits per heavy atom. The van der Waals surface area contributed by atoms with Gasteiger partial charge in [0.2, 0.25) is 5.91 Å². The third-order valence-electron chi connectivity index (χ3n) is 2.63. The highest BCUT2D eigenvalue weighted by Crippen LogP contribution is 2.27. The number of hydrogen-bond donors (Lipinski definition) is 2. The Morgan fingerprint density at radius 1 is 1.65 bits per heavy atom. The number of carbonyl (C=O) groups is 1. The Labute approximate surface area is 100 Å². The summed E-state index contributed by atoms with van der Waals surface area (Å²) in [6, 6.07) is 4.89. The lowest BCUT2D eigenvalue weighted by atomic mass is 10.1. The van der Waals surface area contributed by atoms with Crippen molar-refractivity contribution in [2.24, 2.45) is 5.73 Å². The standard InChI is InChI=1S/C13H14N2O2/c1-2-3-11(14)13(16)15-10-4-5-12-9(8-10)6-7-17-12/h1,4-5,8,11H,3,6-7,14H2,(H,15,16). The van der Waals surface area contributed by atoms with E-state index >= 15 is 0 Å². The topological polar surface area (TPSA) is 64.4 Å². The monoisotopic (exact) mass is 230 g/mol. The molecular formula is C13H14N2O2. The van der Waals surface area contributed by atoms with Crippen LogP contribution in [0.4, 0.5) is 5.69 Å². The van der Waals surface area contributed by atoms with E-state index in [-0.39, 0.29) is 12.3 Å². The summed E-state index contributed by atoms with van der Waals surface area (Å²) in [5.41, 5.74) is 7.44. The summed E-state index contributed by atoms with van der Waals surface area (Å²) in [6.07, 6.45) is 6.21. The highest BCUT2D eigenvalue weighted by atomic mass is 16.5. The van der Waals surface area contributed by atoms with Crippen molar-refractivity contribution in [3.63, 3.8) is 0 Å². The fraction of sp³-hybridized carbons (Fsp3) is 0.308. The van der Waals surface area contributed by atoms with Crippen molar-refractivity contribution in [2.45, 2.75) is 18.9 Å². The van der Waals surface area contributed by atoms with Crippen LogP contribution in [0, 0.1) is 12.3 Å². The van der Waals surface area contributed by atoms with E-state index in [0.717, 1.165) is 23.4 Å². The van der Waals surface area contributed by atoms with Crippen LogP contribution in [-0.2, 0) is 11.2 Å². The number of carbonyl (C=O) groups excluding carboxylic acids is 1. The van der Waals surface area contributed by atoms with Crippen molar-refractivity contribution in [2.75, 3.05) is 11.9 Å². The number of terminal acetylenes is 1. The van der Waals surface area contributed by atoms with Crippen LogP contribution in [0.3, 0.4) is 0 Å². The summed E-state index contributed by atoms with van der Waals surface area (Å²) in [7, 11) is 0. The molecule has 1 aliphatic rings. The Kier molecular flexibility index (Phi) is 3.31. The first-order valence-electron chi connectivity index (χ1n) is 5.46. The SMILES string of the molecule is C#CCC(N)C(=O)Nc1ccc2c(c1)CCO2. The van der Waals surface area contributed by atoms with Crippen LogP contribution in [0.5, 0.6) is 5.75 Å². The quantitative estimate of drug-likeness (QED) is 0.759. The zero-order chi connectivity index (χ0) is 12.3. The molecule has 1 aromatic carbocycles. The lowest BCUT2D eigenvalue weighted by Gasteiger charge is -2.10. The number of fused-ring (bicyclic) bond motifs is 1. The van der Waals surface area contributed by atoms with Crippen molar-refractivity contribution in [1.29, 1.82) is 0 Å². The number of benzene rings is 1. The van der Waals surface area contributed by atoms with Gasteiger partial charge in [0.1, 0.15) is 5.75 Å². The van der Waals surface area contributed by atoms with Gasteiger partial charge >= 0.3 is 0 Å². The second-order valence-electron chi connectivity index (χ2n) is 3.92. The maximum Gasteiger partial charge on any atom is 0.242 e. The highest BCUT2D eigenvalue weighted by molar-refractivity contribution is 5.95. The molecule has 1 unspecified atom stereocenters. The van der Waals surface area contributed by atoms with Gasteiger partial charge in [0.15, 0.2) is 0 Å². The minimum absolute atomic E-state index is 0.236. The maximum absolute atomic E-state index is 11.6. The van der Waals surface area contributed by atoms with E-state index in [1.165, 1.54) is 0 Å². The molecule has 1 atom stereocenters. The van der Waals surface area contributed by atoms with E-state index in [9.17, 15) is 4.79 Å². The van der Waals surface area contributed by atoms with Crippen molar-refractivity contribution in [1.82, 2.24) is 0 Å². The lowest BCUT2D eigenvalue weighted by molar-refractivity contribution is -0.117. The molecule has 0 saturated carbocycles. The van der Waals surface area contributed by atoms with Crippen molar-refractivity contribution >= 4 is 11.6 Å². The first-order valence-corrected chi connectivity index (χ1v) is 5.46. The maximum atomic E-state index is 11.6. The summed E-state index contributed by atoms with van der Waals surface area (Å²) in [6.45, 7) is 0.698. The lowest BCUT2D eigenvalue weighted by Crippen LogP contribution is -2.35. The Bertz CT molecular complexity index is 477. The molecule has 2 rings (SSSR count). The van der Waals surface area contributed by atoms with Crippen molar-refractivity contribution in [3.8, 4) is 18.1 Å². The third-order valence-corrected chi connectivity index (χ3v) is 2.63. The Balaban J connectivity index is 2.04. The molecular weight excluding hydrogens is 216 g/mol. The summed E-state index contributed by atoms with van der Waals surface area (Å²) >= 11 is 0. The third kappa shape index (κ3) is 2.58. The van der Waals surface area contributed by atoms with Crippen molar-refractivity contribution < 1.29 is 9.53 Å². The molecule has 1 aliphatic heterocycles. The zero-order valence-corrected chi connectivity index (χ0v) is 9.40. The van der Waals surface area contributed by atoms with Gasteiger partial charge in [-0.1, -0.05) is 0 Å². The number of rotatable bonds is 3. The van der Waals surface area contributed by atoms with Crippen LogP contribution in [0.1, 0.15) is 12.0 Å². The van der Waals surface area contributed by atoms with Gasteiger partial charge < -0.3 is 15.8 Å².